The van der Waals surface area contributed by atoms with Gasteiger partial charge in [-0.25, -0.2) is 0 Å². The van der Waals surface area contributed by atoms with Crippen LogP contribution in [0.3, 0.4) is 0 Å². The van der Waals surface area contributed by atoms with Gasteiger partial charge < -0.3 is 0 Å². The lowest BCUT2D eigenvalue weighted by molar-refractivity contribution is -0.189. The topological polar surface area (TPSA) is 0 Å². The number of thiophene rings is 1. The Bertz CT molecular complexity index is 1580. The average molecular weight is 559 g/mol. The quantitative estimate of drug-likeness (QED) is 0.218. The minimum Gasteiger partial charge on any atom is -0.135 e. The molecule has 1 heteroatoms. The van der Waals surface area contributed by atoms with E-state index in [1.54, 1.807) is 50.5 Å². The largest absolute Gasteiger partial charge is 0.135 e. The highest BCUT2D eigenvalue weighted by molar-refractivity contribution is 7.26. The van der Waals surface area contributed by atoms with Crippen molar-refractivity contribution in [3.05, 3.63) is 60.2 Å². The molecular formula is C40H46S. The molecule has 8 atom stereocenters. The van der Waals surface area contributed by atoms with Gasteiger partial charge in [0.05, 0.1) is 0 Å². The molecule has 6 aliphatic rings. The highest BCUT2D eigenvalue weighted by Gasteiger charge is 2.62. The first kappa shape index (κ1) is 24.6. The van der Waals surface area contributed by atoms with Crippen molar-refractivity contribution in [3.63, 3.8) is 0 Å². The molecule has 0 nitrogen and oxygen atoms in total. The molecule has 10 rings (SSSR count). The van der Waals surface area contributed by atoms with Gasteiger partial charge in [0.25, 0.3) is 0 Å². The SMILES string of the molecule is c1ccc2c(c1)ccc1c3cc(C4CC5C6CCCCC6C6CCCC7C8CCCCC8C(C4)C5C67)ccc3sc21. The number of rotatable bonds is 1. The van der Waals surface area contributed by atoms with Gasteiger partial charge in [-0.15, -0.1) is 11.3 Å². The summed E-state index contributed by atoms with van der Waals surface area (Å²) in [4.78, 5) is 0. The fraction of sp³-hybridized carbons (Fsp3) is 0.600. The van der Waals surface area contributed by atoms with Gasteiger partial charge in [-0.2, -0.15) is 0 Å². The Hall–Kier alpha value is -1.86. The summed E-state index contributed by atoms with van der Waals surface area (Å²) in [6.45, 7) is 0. The molecule has 6 saturated carbocycles. The molecule has 0 bridgehead atoms. The van der Waals surface area contributed by atoms with E-state index in [0.29, 0.717) is 0 Å². The molecule has 1 aromatic heterocycles. The lowest BCUT2D eigenvalue weighted by Crippen LogP contribution is -2.61. The van der Waals surface area contributed by atoms with Crippen molar-refractivity contribution in [2.24, 2.45) is 59.2 Å². The standard InChI is InChI=1S/C40H46S/c1-2-9-26-23(8-1)16-18-33-34-20-24(17-19-37(34)41-40(26)33)25-21-35-29-12-5-3-10-27(29)31-14-7-15-32-28-11-4-6-13-30(28)36(22-25)39(35)38(31)32/h1-2,8-9,16-20,25,27-32,35-36,38-39H,3-7,10-15,21-22H2. The molecule has 41 heavy (non-hydrogen) atoms. The summed E-state index contributed by atoms with van der Waals surface area (Å²) in [6, 6.07) is 21.5. The Balaban J connectivity index is 1.09. The predicted octanol–water partition coefficient (Wildman–Crippen LogP) is 11.6. The molecule has 6 aliphatic carbocycles. The van der Waals surface area contributed by atoms with Crippen molar-refractivity contribution >= 4 is 42.3 Å². The van der Waals surface area contributed by atoms with Crippen molar-refractivity contribution in [1.29, 1.82) is 0 Å². The van der Waals surface area contributed by atoms with E-state index in [1.807, 2.05) is 11.3 Å². The first-order valence-corrected chi connectivity index (χ1v) is 18.5. The molecule has 8 unspecified atom stereocenters. The third-order valence-electron chi connectivity index (χ3n) is 14.4. The Labute approximate surface area is 250 Å². The minimum atomic E-state index is 0.780. The second-order valence-electron chi connectivity index (χ2n) is 15.7. The van der Waals surface area contributed by atoms with Gasteiger partial charge in [0, 0.05) is 20.2 Å². The van der Waals surface area contributed by atoms with Crippen LogP contribution in [-0.4, -0.2) is 0 Å². The zero-order valence-corrected chi connectivity index (χ0v) is 25.5. The fourth-order valence-corrected chi connectivity index (χ4v) is 14.5. The molecule has 0 N–H and O–H groups in total. The van der Waals surface area contributed by atoms with Gasteiger partial charge in [0.15, 0.2) is 0 Å². The van der Waals surface area contributed by atoms with Crippen LogP contribution in [0.2, 0.25) is 0 Å². The molecule has 6 fully saturated rings. The van der Waals surface area contributed by atoms with Gasteiger partial charge in [-0.05, 0) is 145 Å². The predicted molar refractivity (Wildman–Crippen MR) is 174 cm³/mol. The average Bonchev–Trinajstić information content (AvgIpc) is 3.43. The zero-order valence-electron chi connectivity index (χ0n) is 24.6. The van der Waals surface area contributed by atoms with E-state index in [2.05, 4.69) is 54.6 Å². The first-order chi connectivity index (χ1) is 20.3. The van der Waals surface area contributed by atoms with E-state index in [0.717, 1.165) is 65.1 Å². The van der Waals surface area contributed by atoms with Gasteiger partial charge in [0.1, 0.15) is 0 Å². The third-order valence-corrected chi connectivity index (χ3v) is 15.6. The monoisotopic (exact) mass is 558 g/mol. The highest BCUT2D eigenvalue weighted by Crippen LogP contribution is 2.70. The Kier molecular flexibility index (Phi) is 5.58. The lowest BCUT2D eigenvalue weighted by atomic mass is 9.37. The molecule has 4 aromatic rings. The van der Waals surface area contributed by atoms with Crippen molar-refractivity contribution in [2.45, 2.75) is 89.4 Å². The number of fused-ring (bicyclic) bond motifs is 11. The molecule has 0 radical (unpaired) electrons. The van der Waals surface area contributed by atoms with E-state index in [1.165, 1.54) is 69.5 Å². The second kappa shape index (κ2) is 9.32. The van der Waals surface area contributed by atoms with Gasteiger partial charge in [-0.1, -0.05) is 74.6 Å². The normalized spacial score (nSPS) is 41.6. The third kappa shape index (κ3) is 3.51. The summed E-state index contributed by atoms with van der Waals surface area (Å²) in [5.41, 5.74) is 1.69. The van der Waals surface area contributed by atoms with E-state index in [9.17, 15) is 0 Å². The smallest absolute Gasteiger partial charge is 0.0433 e. The Morgan fingerprint density at radius 2 is 1.10 bits per heavy atom. The summed E-state index contributed by atoms with van der Waals surface area (Å²) >= 11 is 2.02. The molecule has 3 aromatic carbocycles. The summed E-state index contributed by atoms with van der Waals surface area (Å²) < 4.78 is 2.97. The van der Waals surface area contributed by atoms with Crippen LogP contribution in [0.15, 0.2) is 54.6 Å². The summed E-state index contributed by atoms with van der Waals surface area (Å²) in [5.74, 6) is 11.5. The van der Waals surface area contributed by atoms with Crippen LogP contribution in [0, 0.1) is 59.2 Å². The Morgan fingerprint density at radius 1 is 0.488 bits per heavy atom. The van der Waals surface area contributed by atoms with Gasteiger partial charge >= 0.3 is 0 Å². The second-order valence-corrected chi connectivity index (χ2v) is 16.7. The van der Waals surface area contributed by atoms with E-state index in [4.69, 9.17) is 0 Å². The maximum atomic E-state index is 2.68. The molecule has 212 valence electrons. The van der Waals surface area contributed by atoms with Crippen molar-refractivity contribution in [2.75, 3.05) is 0 Å². The van der Waals surface area contributed by atoms with Crippen molar-refractivity contribution < 1.29 is 0 Å². The van der Waals surface area contributed by atoms with Crippen LogP contribution in [0.1, 0.15) is 95.0 Å². The maximum Gasteiger partial charge on any atom is 0.0433 e. The van der Waals surface area contributed by atoms with Crippen LogP contribution >= 0.6 is 11.3 Å². The lowest BCUT2D eigenvalue weighted by Gasteiger charge is -2.68. The van der Waals surface area contributed by atoms with Crippen molar-refractivity contribution in [1.82, 2.24) is 0 Å². The number of hydrogen-bond acceptors (Lipinski definition) is 1. The van der Waals surface area contributed by atoms with E-state index < -0.39 is 0 Å². The first-order valence-electron chi connectivity index (χ1n) is 17.7. The highest BCUT2D eigenvalue weighted by atomic mass is 32.1. The van der Waals surface area contributed by atoms with Gasteiger partial charge in [-0.3, -0.25) is 0 Å². The van der Waals surface area contributed by atoms with Crippen LogP contribution in [0.5, 0.6) is 0 Å². The Morgan fingerprint density at radius 3 is 1.80 bits per heavy atom. The van der Waals surface area contributed by atoms with Gasteiger partial charge in [0.2, 0.25) is 0 Å². The molecule has 0 aliphatic heterocycles. The fourth-order valence-electron chi connectivity index (χ4n) is 13.3. The van der Waals surface area contributed by atoms with Crippen LogP contribution in [-0.2, 0) is 0 Å². The summed E-state index contributed by atoms with van der Waals surface area (Å²) in [6.07, 6.45) is 20.1. The maximum absolute atomic E-state index is 2.68. The van der Waals surface area contributed by atoms with Crippen LogP contribution in [0.25, 0.3) is 30.9 Å². The number of benzene rings is 3. The van der Waals surface area contributed by atoms with Crippen molar-refractivity contribution in [3.8, 4) is 0 Å². The number of hydrogen-bond donors (Lipinski definition) is 0. The molecule has 0 amide bonds. The summed E-state index contributed by atoms with van der Waals surface area (Å²) in [5, 5.41) is 5.83. The minimum absolute atomic E-state index is 0.780. The zero-order chi connectivity index (χ0) is 26.7. The molecule has 1 heterocycles. The van der Waals surface area contributed by atoms with E-state index >= 15 is 0 Å². The van der Waals surface area contributed by atoms with E-state index in [-0.39, 0.29) is 0 Å². The van der Waals surface area contributed by atoms with Crippen LogP contribution in [0.4, 0.5) is 0 Å². The summed E-state index contributed by atoms with van der Waals surface area (Å²) in [7, 11) is 0. The molecule has 0 spiro atoms. The van der Waals surface area contributed by atoms with Crippen LogP contribution < -0.4 is 0 Å². The molecular weight excluding hydrogens is 513 g/mol. The molecule has 0 saturated heterocycles.